The molecule has 3 N–H and O–H groups in total. The van der Waals surface area contributed by atoms with Crippen LogP contribution in [0.1, 0.15) is 12.0 Å². The van der Waals surface area contributed by atoms with Crippen LogP contribution in [0.4, 0.5) is 0 Å². The number of pyridine rings is 1. The van der Waals surface area contributed by atoms with Gasteiger partial charge in [-0.25, -0.2) is 14.6 Å². The molecule has 1 saturated heterocycles. The zero-order chi connectivity index (χ0) is 18.9. The molecule has 2 aromatic rings. The Morgan fingerprint density at radius 3 is 2.96 bits per heavy atom. The second-order valence-electron chi connectivity index (χ2n) is 5.87. The maximum absolute atomic E-state index is 12.4. The van der Waals surface area contributed by atoms with Gasteiger partial charge in [0.1, 0.15) is 12.7 Å². The molecule has 0 aromatic carbocycles. The number of carbonyl (C=O) groups is 2. The maximum Gasteiger partial charge on any atom is 0.290 e. The van der Waals surface area contributed by atoms with Crippen molar-refractivity contribution in [2.24, 2.45) is 5.92 Å². The molecule has 3 rings (SSSR count). The molecule has 1 amide bonds. The molecule has 0 unspecified atom stereocenters. The lowest BCUT2D eigenvalue weighted by Gasteiger charge is -2.32. The van der Waals surface area contributed by atoms with Crippen molar-refractivity contribution in [3.05, 3.63) is 36.5 Å². The normalized spacial score (nSPS) is 19.9. The van der Waals surface area contributed by atoms with E-state index >= 15 is 0 Å². The van der Waals surface area contributed by atoms with Crippen LogP contribution in [-0.2, 0) is 16.1 Å². The van der Waals surface area contributed by atoms with E-state index in [1.807, 2.05) is 19.2 Å². The van der Waals surface area contributed by atoms with Crippen LogP contribution in [0.15, 0.2) is 31.0 Å². The van der Waals surface area contributed by atoms with Crippen molar-refractivity contribution < 1.29 is 19.8 Å². The van der Waals surface area contributed by atoms with Crippen LogP contribution in [0, 0.1) is 5.92 Å². The number of amides is 1. The monoisotopic (exact) mass is 362 g/mol. The first-order chi connectivity index (χ1) is 12.6. The van der Waals surface area contributed by atoms with Gasteiger partial charge < -0.3 is 20.4 Å². The molecular formula is C16H22N6O4. The Labute approximate surface area is 150 Å². The summed E-state index contributed by atoms with van der Waals surface area (Å²) < 4.78 is 1.56. The molecule has 1 aliphatic heterocycles. The number of aliphatic hydroxyl groups excluding tert-OH is 1. The Balaban J connectivity index is 0.000000758. The summed E-state index contributed by atoms with van der Waals surface area (Å²) in [7, 11) is 1.95. The molecule has 10 nitrogen and oxygen atoms in total. The van der Waals surface area contributed by atoms with E-state index in [0.29, 0.717) is 25.3 Å². The van der Waals surface area contributed by atoms with Crippen molar-refractivity contribution in [1.29, 1.82) is 0 Å². The third kappa shape index (κ3) is 5.07. The first kappa shape index (κ1) is 19.5. The van der Waals surface area contributed by atoms with Gasteiger partial charge in [-0.05, 0) is 19.5 Å². The number of aliphatic hydroxyl groups is 1. The molecule has 10 heteroatoms. The summed E-state index contributed by atoms with van der Waals surface area (Å²) >= 11 is 0. The van der Waals surface area contributed by atoms with Gasteiger partial charge in [0.2, 0.25) is 5.91 Å². The van der Waals surface area contributed by atoms with Gasteiger partial charge in [0.15, 0.2) is 5.82 Å². The van der Waals surface area contributed by atoms with Gasteiger partial charge in [-0.1, -0.05) is 6.07 Å². The number of likely N-dealkylation sites (tertiary alicyclic amines) is 1. The number of aromatic nitrogens is 4. The Morgan fingerprint density at radius 2 is 2.27 bits per heavy atom. The second kappa shape index (κ2) is 9.59. The molecule has 0 bridgehead atoms. The SMILES string of the molecule is CN1CC[C@H](O)[C@H](C(=O)NCc2cccnc2-n2cncn2)C1.O=CO. The molecule has 140 valence electrons. The first-order valence-corrected chi connectivity index (χ1v) is 8.08. The van der Waals surface area contributed by atoms with E-state index in [1.54, 1.807) is 17.2 Å². The smallest absolute Gasteiger partial charge is 0.290 e. The van der Waals surface area contributed by atoms with Crippen LogP contribution in [0.3, 0.4) is 0 Å². The Kier molecular flexibility index (Phi) is 7.18. The summed E-state index contributed by atoms with van der Waals surface area (Å²) in [5.41, 5.74) is 0.838. The fraction of sp³-hybridized carbons (Fsp3) is 0.438. The van der Waals surface area contributed by atoms with Crippen molar-refractivity contribution >= 4 is 12.4 Å². The van der Waals surface area contributed by atoms with E-state index in [4.69, 9.17) is 9.90 Å². The van der Waals surface area contributed by atoms with Crippen molar-refractivity contribution in [2.75, 3.05) is 20.1 Å². The van der Waals surface area contributed by atoms with Gasteiger partial charge >= 0.3 is 0 Å². The summed E-state index contributed by atoms with van der Waals surface area (Å²) in [6, 6.07) is 3.69. The minimum Gasteiger partial charge on any atom is -0.483 e. The standard InChI is InChI=1S/C15H20N6O2.CH2O2/c1-20-6-4-13(22)12(8-20)15(23)18-7-11-3-2-5-17-14(11)21-10-16-9-19-21;2-1-3/h2-3,5,9-10,12-13,22H,4,6-8H2,1H3,(H,18,23);1H,(H,2,3)/t12-,13+;/m1./s1. The quantitative estimate of drug-likeness (QED) is 0.608. The Hall–Kier alpha value is -2.85. The molecule has 1 fully saturated rings. The van der Waals surface area contributed by atoms with E-state index < -0.39 is 12.0 Å². The second-order valence-corrected chi connectivity index (χ2v) is 5.87. The van der Waals surface area contributed by atoms with Gasteiger partial charge in [0.25, 0.3) is 6.47 Å². The molecule has 2 aromatic heterocycles. The van der Waals surface area contributed by atoms with Gasteiger partial charge in [-0.2, -0.15) is 5.10 Å². The van der Waals surface area contributed by atoms with Crippen LogP contribution >= 0.6 is 0 Å². The highest BCUT2D eigenvalue weighted by molar-refractivity contribution is 5.79. The number of piperidine rings is 1. The molecule has 1 aliphatic rings. The summed E-state index contributed by atoms with van der Waals surface area (Å²) in [5, 5.41) is 23.9. The number of carbonyl (C=O) groups excluding carboxylic acids is 1. The number of carboxylic acid groups (broad SMARTS) is 1. The van der Waals surface area contributed by atoms with Crippen molar-refractivity contribution in [3.63, 3.8) is 0 Å². The summed E-state index contributed by atoms with van der Waals surface area (Å²) in [4.78, 5) is 31.0. The average molecular weight is 362 g/mol. The molecular weight excluding hydrogens is 340 g/mol. The van der Waals surface area contributed by atoms with Gasteiger partial charge in [0, 0.05) is 31.4 Å². The van der Waals surface area contributed by atoms with Crippen molar-refractivity contribution in [1.82, 2.24) is 30.0 Å². The fourth-order valence-corrected chi connectivity index (χ4v) is 2.77. The minimum absolute atomic E-state index is 0.141. The molecule has 0 spiro atoms. The largest absolute Gasteiger partial charge is 0.483 e. The zero-order valence-corrected chi connectivity index (χ0v) is 14.4. The summed E-state index contributed by atoms with van der Waals surface area (Å²) in [6.45, 7) is 1.45. The highest BCUT2D eigenvalue weighted by atomic mass is 16.3. The van der Waals surface area contributed by atoms with Crippen LogP contribution in [-0.4, -0.2) is 73.5 Å². The highest BCUT2D eigenvalue weighted by Crippen LogP contribution is 2.17. The number of rotatable bonds is 4. The van der Waals surface area contributed by atoms with Gasteiger partial charge in [0.05, 0.1) is 12.0 Å². The average Bonchev–Trinajstić information content (AvgIpc) is 3.17. The van der Waals surface area contributed by atoms with Gasteiger partial charge in [-0.3, -0.25) is 9.59 Å². The maximum atomic E-state index is 12.4. The number of nitrogens with one attached hydrogen (secondary N) is 1. The Morgan fingerprint density at radius 1 is 1.50 bits per heavy atom. The third-order valence-corrected chi connectivity index (χ3v) is 4.07. The molecule has 0 saturated carbocycles. The number of hydrogen-bond acceptors (Lipinski definition) is 7. The molecule has 3 heterocycles. The molecule has 0 aliphatic carbocycles. The molecule has 2 atom stereocenters. The van der Waals surface area contributed by atoms with Crippen molar-refractivity contribution in [3.8, 4) is 5.82 Å². The number of hydrogen-bond donors (Lipinski definition) is 3. The van der Waals surface area contributed by atoms with Crippen LogP contribution in [0.5, 0.6) is 0 Å². The third-order valence-electron chi connectivity index (χ3n) is 4.07. The van der Waals surface area contributed by atoms with Gasteiger partial charge in [-0.15, -0.1) is 0 Å². The van der Waals surface area contributed by atoms with Crippen LogP contribution < -0.4 is 5.32 Å². The molecule has 0 radical (unpaired) electrons. The topological polar surface area (TPSA) is 133 Å². The Bertz CT molecular complexity index is 709. The van der Waals surface area contributed by atoms with E-state index in [9.17, 15) is 9.90 Å². The summed E-state index contributed by atoms with van der Waals surface area (Å²) in [5.74, 6) is 0.0873. The van der Waals surface area contributed by atoms with E-state index in [1.165, 1.54) is 6.33 Å². The highest BCUT2D eigenvalue weighted by Gasteiger charge is 2.31. The van der Waals surface area contributed by atoms with Crippen molar-refractivity contribution in [2.45, 2.75) is 19.1 Å². The van der Waals surface area contributed by atoms with E-state index in [2.05, 4.69) is 25.3 Å². The lowest BCUT2D eigenvalue weighted by molar-refractivity contribution is -0.131. The predicted octanol–water partition coefficient (Wildman–Crippen LogP) is -0.708. The van der Waals surface area contributed by atoms with Crippen LogP contribution in [0.2, 0.25) is 0 Å². The van der Waals surface area contributed by atoms with E-state index in [0.717, 1.165) is 12.1 Å². The number of nitrogens with zero attached hydrogens (tertiary/aromatic N) is 5. The zero-order valence-electron chi connectivity index (χ0n) is 14.4. The van der Waals surface area contributed by atoms with E-state index in [-0.39, 0.29) is 12.4 Å². The first-order valence-electron chi connectivity index (χ1n) is 8.08. The fourth-order valence-electron chi connectivity index (χ4n) is 2.77. The predicted molar refractivity (Wildman–Crippen MR) is 91.3 cm³/mol. The molecule has 26 heavy (non-hydrogen) atoms. The summed E-state index contributed by atoms with van der Waals surface area (Å²) in [6.07, 6.45) is 4.70. The lowest BCUT2D eigenvalue weighted by Crippen LogP contribution is -2.48. The van der Waals surface area contributed by atoms with Crippen LogP contribution in [0.25, 0.3) is 5.82 Å². The lowest BCUT2D eigenvalue weighted by atomic mass is 9.94. The minimum atomic E-state index is -0.588.